The number of amides is 1. The largest absolute Gasteiger partial charge is 0.492 e. The fourth-order valence-electron chi connectivity index (χ4n) is 1.86. The highest BCUT2D eigenvalue weighted by atomic mass is 35.5. The van der Waals surface area contributed by atoms with Crippen LogP contribution in [0.4, 0.5) is 0 Å². The van der Waals surface area contributed by atoms with Crippen LogP contribution in [0.1, 0.15) is 39.5 Å². The van der Waals surface area contributed by atoms with E-state index >= 15 is 0 Å². The van der Waals surface area contributed by atoms with E-state index in [1.165, 1.54) is 0 Å². The summed E-state index contributed by atoms with van der Waals surface area (Å²) in [5.41, 5.74) is 0. The number of halogens is 2. The van der Waals surface area contributed by atoms with Gasteiger partial charge in [0.05, 0.1) is 11.6 Å². The number of ether oxygens (including phenoxy) is 1. The summed E-state index contributed by atoms with van der Waals surface area (Å²) in [6, 6.07) is 5.33. The molecule has 1 atom stereocenters. The molecule has 1 rings (SSSR count). The Kier molecular flexibility index (Phi) is 7.78. The molecule has 0 aliphatic rings. The zero-order valence-corrected chi connectivity index (χ0v) is 13.4. The Morgan fingerprint density at radius 1 is 1.40 bits per heavy atom. The van der Waals surface area contributed by atoms with E-state index in [1.54, 1.807) is 18.2 Å². The molecule has 1 aromatic carbocycles. The monoisotopic (exact) mass is 317 g/mol. The molecule has 0 fully saturated rings. The predicted molar refractivity (Wildman–Crippen MR) is 83.7 cm³/mol. The molecule has 0 aliphatic heterocycles. The van der Waals surface area contributed by atoms with Crippen molar-refractivity contribution in [3.8, 4) is 5.75 Å². The number of carbonyl (C=O) groups is 1. The summed E-state index contributed by atoms with van der Waals surface area (Å²) in [5.74, 6) is 0.660. The molecule has 1 N–H and O–H groups in total. The van der Waals surface area contributed by atoms with E-state index in [0.29, 0.717) is 35.2 Å². The van der Waals surface area contributed by atoms with E-state index < -0.39 is 0 Å². The van der Waals surface area contributed by atoms with Gasteiger partial charge in [0.25, 0.3) is 0 Å². The maximum absolute atomic E-state index is 11.6. The molecule has 0 heterocycles. The molecular formula is C15H21Cl2NO2. The minimum absolute atomic E-state index is 0.0664. The third-order valence-electron chi connectivity index (χ3n) is 2.83. The minimum Gasteiger partial charge on any atom is -0.492 e. The lowest BCUT2D eigenvalue weighted by molar-refractivity contribution is -0.121. The fraction of sp³-hybridized carbons (Fsp3) is 0.533. The molecule has 0 aromatic heterocycles. The van der Waals surface area contributed by atoms with Crippen LogP contribution < -0.4 is 10.1 Å². The molecule has 0 saturated carbocycles. The summed E-state index contributed by atoms with van der Waals surface area (Å²) in [6.07, 6.45) is 3.19. The molecule has 0 bridgehead atoms. The van der Waals surface area contributed by atoms with Gasteiger partial charge in [-0.15, -0.1) is 0 Å². The van der Waals surface area contributed by atoms with E-state index in [0.717, 1.165) is 12.8 Å². The van der Waals surface area contributed by atoms with Gasteiger partial charge in [-0.05, 0) is 38.0 Å². The minimum atomic E-state index is 0.0664. The van der Waals surface area contributed by atoms with E-state index in [-0.39, 0.29) is 11.9 Å². The van der Waals surface area contributed by atoms with Gasteiger partial charge in [0.1, 0.15) is 5.75 Å². The second-order valence-corrected chi connectivity index (χ2v) is 5.63. The van der Waals surface area contributed by atoms with Crippen molar-refractivity contribution in [3.63, 3.8) is 0 Å². The molecule has 0 aliphatic carbocycles. The van der Waals surface area contributed by atoms with Gasteiger partial charge in [0, 0.05) is 17.5 Å². The topological polar surface area (TPSA) is 38.3 Å². The van der Waals surface area contributed by atoms with Crippen molar-refractivity contribution >= 4 is 29.1 Å². The summed E-state index contributed by atoms with van der Waals surface area (Å²) < 4.78 is 5.52. The first-order chi connectivity index (χ1) is 9.52. The third-order valence-corrected chi connectivity index (χ3v) is 3.36. The maximum atomic E-state index is 11.6. The standard InChI is InChI=1S/C15H21Cl2NO2/c1-3-5-11(2)18-15(19)6-4-9-20-14-8-7-12(16)10-13(14)17/h7-8,10-11H,3-6,9H2,1-2H3,(H,18,19)/t11-/m0/s1. The van der Waals surface area contributed by atoms with Crippen LogP contribution in [0.25, 0.3) is 0 Å². The van der Waals surface area contributed by atoms with Crippen molar-refractivity contribution in [2.75, 3.05) is 6.61 Å². The van der Waals surface area contributed by atoms with Crippen LogP contribution in [0.2, 0.25) is 10.0 Å². The molecule has 0 saturated heterocycles. The van der Waals surface area contributed by atoms with Gasteiger partial charge in [0.2, 0.25) is 5.91 Å². The molecule has 0 unspecified atom stereocenters. The molecule has 0 spiro atoms. The number of benzene rings is 1. The molecule has 1 aromatic rings. The lowest BCUT2D eigenvalue weighted by Gasteiger charge is -2.13. The van der Waals surface area contributed by atoms with Gasteiger partial charge < -0.3 is 10.1 Å². The van der Waals surface area contributed by atoms with Crippen LogP contribution >= 0.6 is 23.2 Å². The summed E-state index contributed by atoms with van der Waals surface area (Å²) >= 11 is 11.8. The van der Waals surface area contributed by atoms with E-state index in [1.807, 2.05) is 6.92 Å². The summed E-state index contributed by atoms with van der Waals surface area (Å²) in [7, 11) is 0. The van der Waals surface area contributed by atoms with Crippen LogP contribution in [0.5, 0.6) is 5.75 Å². The first-order valence-corrected chi connectivity index (χ1v) is 7.65. The molecular weight excluding hydrogens is 297 g/mol. The fourth-order valence-corrected chi connectivity index (χ4v) is 2.32. The second kappa shape index (κ2) is 9.09. The van der Waals surface area contributed by atoms with E-state index in [9.17, 15) is 4.79 Å². The number of hydrogen-bond acceptors (Lipinski definition) is 2. The van der Waals surface area contributed by atoms with Crippen molar-refractivity contribution < 1.29 is 9.53 Å². The highest BCUT2D eigenvalue weighted by Gasteiger charge is 2.07. The highest BCUT2D eigenvalue weighted by Crippen LogP contribution is 2.27. The van der Waals surface area contributed by atoms with Crippen LogP contribution in [-0.4, -0.2) is 18.6 Å². The van der Waals surface area contributed by atoms with Crippen molar-refractivity contribution in [3.05, 3.63) is 28.2 Å². The normalized spacial score (nSPS) is 12.0. The van der Waals surface area contributed by atoms with Gasteiger partial charge >= 0.3 is 0 Å². The number of rotatable bonds is 8. The SMILES string of the molecule is CCC[C@H](C)NC(=O)CCCOc1ccc(Cl)cc1Cl. The summed E-state index contributed by atoms with van der Waals surface area (Å²) in [5, 5.41) is 4.02. The Morgan fingerprint density at radius 2 is 2.15 bits per heavy atom. The van der Waals surface area contributed by atoms with Gasteiger partial charge in [-0.25, -0.2) is 0 Å². The molecule has 0 radical (unpaired) electrons. The van der Waals surface area contributed by atoms with Gasteiger partial charge in [-0.3, -0.25) is 4.79 Å². The average molecular weight is 318 g/mol. The van der Waals surface area contributed by atoms with Crippen molar-refractivity contribution in [1.29, 1.82) is 0 Å². The van der Waals surface area contributed by atoms with Crippen LogP contribution in [0.3, 0.4) is 0 Å². The number of carbonyl (C=O) groups excluding carboxylic acids is 1. The lowest BCUT2D eigenvalue weighted by atomic mass is 10.2. The van der Waals surface area contributed by atoms with Crippen molar-refractivity contribution in [2.24, 2.45) is 0 Å². The highest BCUT2D eigenvalue weighted by molar-refractivity contribution is 6.35. The zero-order chi connectivity index (χ0) is 15.0. The Labute approximate surface area is 130 Å². The Bertz CT molecular complexity index is 438. The summed E-state index contributed by atoms with van der Waals surface area (Å²) in [6.45, 7) is 4.58. The van der Waals surface area contributed by atoms with Gasteiger partial charge in [-0.2, -0.15) is 0 Å². The smallest absolute Gasteiger partial charge is 0.220 e. The lowest BCUT2D eigenvalue weighted by Crippen LogP contribution is -2.32. The Morgan fingerprint density at radius 3 is 2.80 bits per heavy atom. The van der Waals surface area contributed by atoms with Crippen LogP contribution in [0, 0.1) is 0 Å². The quantitative estimate of drug-likeness (QED) is 0.719. The molecule has 112 valence electrons. The Balaban J connectivity index is 2.23. The second-order valence-electron chi connectivity index (χ2n) is 4.78. The molecule has 1 amide bonds. The van der Waals surface area contributed by atoms with E-state index in [4.69, 9.17) is 27.9 Å². The van der Waals surface area contributed by atoms with Gasteiger partial charge in [0.15, 0.2) is 0 Å². The summed E-state index contributed by atoms with van der Waals surface area (Å²) in [4.78, 5) is 11.6. The van der Waals surface area contributed by atoms with Crippen molar-refractivity contribution in [1.82, 2.24) is 5.32 Å². The number of nitrogens with one attached hydrogen (secondary N) is 1. The van der Waals surface area contributed by atoms with Gasteiger partial charge in [-0.1, -0.05) is 36.5 Å². The number of hydrogen-bond donors (Lipinski definition) is 1. The van der Waals surface area contributed by atoms with E-state index in [2.05, 4.69) is 12.2 Å². The molecule has 5 heteroatoms. The van der Waals surface area contributed by atoms with Crippen LogP contribution in [0.15, 0.2) is 18.2 Å². The Hall–Kier alpha value is -0.930. The van der Waals surface area contributed by atoms with Crippen LogP contribution in [-0.2, 0) is 4.79 Å². The first-order valence-electron chi connectivity index (χ1n) is 6.90. The van der Waals surface area contributed by atoms with Crippen molar-refractivity contribution in [2.45, 2.75) is 45.6 Å². The maximum Gasteiger partial charge on any atom is 0.220 e. The first kappa shape index (κ1) is 17.1. The zero-order valence-electron chi connectivity index (χ0n) is 11.9. The predicted octanol–water partition coefficient (Wildman–Crippen LogP) is 4.46. The molecule has 20 heavy (non-hydrogen) atoms. The average Bonchev–Trinajstić information content (AvgIpc) is 2.36. The third kappa shape index (κ3) is 6.49. The molecule has 3 nitrogen and oxygen atoms in total.